The van der Waals surface area contributed by atoms with Crippen molar-refractivity contribution in [2.24, 2.45) is 0 Å². The Balaban J connectivity index is 1.23. The highest BCUT2D eigenvalue weighted by atomic mass is 79.9. The van der Waals surface area contributed by atoms with Gasteiger partial charge in [0.2, 0.25) is 0 Å². The van der Waals surface area contributed by atoms with Crippen LogP contribution in [0.2, 0.25) is 0 Å². The van der Waals surface area contributed by atoms with Crippen molar-refractivity contribution >= 4 is 87.1 Å². The molecule has 1 aromatic heterocycles. The SMILES string of the molecule is Brc1c2ccccc2cc2c(N(c3ccc(-c4ccccc4)cc3)c3ccc(-n4c5ccccc5c5ccccc54)cc3)c3ccccc3cc12. The van der Waals surface area contributed by atoms with Gasteiger partial charge in [-0.25, -0.2) is 0 Å². The maximum atomic E-state index is 4.05. The van der Waals surface area contributed by atoms with E-state index in [-0.39, 0.29) is 0 Å². The highest BCUT2D eigenvalue weighted by molar-refractivity contribution is 9.10. The van der Waals surface area contributed by atoms with E-state index in [0.29, 0.717) is 0 Å². The second kappa shape index (κ2) is 12.0. The summed E-state index contributed by atoms with van der Waals surface area (Å²) in [6.07, 6.45) is 0. The van der Waals surface area contributed by atoms with Crippen molar-refractivity contribution in [2.75, 3.05) is 4.90 Å². The fourth-order valence-electron chi connectivity index (χ4n) is 7.83. The van der Waals surface area contributed by atoms with Gasteiger partial charge in [-0.15, -0.1) is 0 Å². The predicted molar refractivity (Wildman–Crippen MR) is 221 cm³/mol. The number of rotatable bonds is 5. The molecular formula is C48H31BrN2. The third-order valence-electron chi connectivity index (χ3n) is 10.2. The topological polar surface area (TPSA) is 8.17 Å². The van der Waals surface area contributed by atoms with Gasteiger partial charge in [0.15, 0.2) is 0 Å². The van der Waals surface area contributed by atoms with Crippen molar-refractivity contribution in [1.29, 1.82) is 0 Å². The monoisotopic (exact) mass is 714 g/mol. The van der Waals surface area contributed by atoms with Crippen LogP contribution in [0, 0.1) is 0 Å². The first-order chi connectivity index (χ1) is 25.2. The van der Waals surface area contributed by atoms with E-state index < -0.39 is 0 Å². The Morgan fingerprint density at radius 3 is 1.49 bits per heavy atom. The van der Waals surface area contributed by atoms with Crippen molar-refractivity contribution in [3.8, 4) is 16.8 Å². The molecule has 0 aliphatic heterocycles. The average molecular weight is 716 g/mol. The normalized spacial score (nSPS) is 11.6. The molecular weight excluding hydrogens is 684 g/mol. The third-order valence-corrected chi connectivity index (χ3v) is 11.1. The van der Waals surface area contributed by atoms with Crippen LogP contribution in [-0.4, -0.2) is 4.57 Å². The lowest BCUT2D eigenvalue weighted by Crippen LogP contribution is -2.11. The summed E-state index contributed by atoms with van der Waals surface area (Å²) in [6, 6.07) is 68.1. The summed E-state index contributed by atoms with van der Waals surface area (Å²) < 4.78 is 3.49. The summed E-state index contributed by atoms with van der Waals surface area (Å²) in [6.45, 7) is 0. The zero-order valence-electron chi connectivity index (χ0n) is 27.7. The Morgan fingerprint density at radius 1 is 0.373 bits per heavy atom. The lowest BCUT2D eigenvalue weighted by atomic mass is 9.96. The third kappa shape index (κ3) is 4.85. The molecule has 0 bridgehead atoms. The van der Waals surface area contributed by atoms with Crippen LogP contribution in [0.15, 0.2) is 193 Å². The first-order valence-electron chi connectivity index (χ1n) is 17.3. The molecule has 10 aromatic rings. The molecule has 0 saturated heterocycles. The van der Waals surface area contributed by atoms with Gasteiger partial charge in [-0.05, 0) is 109 Å². The quantitative estimate of drug-likeness (QED) is 0.161. The van der Waals surface area contributed by atoms with Crippen molar-refractivity contribution in [3.05, 3.63) is 193 Å². The Hall–Kier alpha value is -6.16. The average Bonchev–Trinajstić information content (AvgIpc) is 3.53. The van der Waals surface area contributed by atoms with Gasteiger partial charge in [0, 0.05) is 43.1 Å². The molecule has 0 atom stereocenters. The first-order valence-corrected chi connectivity index (χ1v) is 18.1. The molecule has 9 aromatic carbocycles. The zero-order chi connectivity index (χ0) is 33.9. The van der Waals surface area contributed by atoms with Gasteiger partial charge in [0.05, 0.1) is 16.7 Å². The van der Waals surface area contributed by atoms with Gasteiger partial charge in [0.1, 0.15) is 0 Å². The molecule has 0 aliphatic rings. The largest absolute Gasteiger partial charge is 0.309 e. The Bertz CT molecular complexity index is 2850. The van der Waals surface area contributed by atoms with Crippen molar-refractivity contribution in [2.45, 2.75) is 0 Å². The molecule has 0 spiro atoms. The van der Waals surface area contributed by atoms with Crippen molar-refractivity contribution in [1.82, 2.24) is 4.57 Å². The Labute approximate surface area is 304 Å². The number of halogens is 1. The van der Waals surface area contributed by atoms with E-state index in [1.165, 1.54) is 65.3 Å². The number of hydrogen-bond acceptors (Lipinski definition) is 1. The van der Waals surface area contributed by atoms with Gasteiger partial charge in [-0.2, -0.15) is 0 Å². The van der Waals surface area contributed by atoms with E-state index in [0.717, 1.165) is 27.2 Å². The summed E-state index contributed by atoms with van der Waals surface area (Å²) >= 11 is 4.05. The highest BCUT2D eigenvalue weighted by Gasteiger charge is 2.21. The minimum atomic E-state index is 1.09. The van der Waals surface area contributed by atoms with Gasteiger partial charge >= 0.3 is 0 Å². The summed E-state index contributed by atoms with van der Waals surface area (Å²) in [5, 5.41) is 9.72. The number of benzene rings is 9. The highest BCUT2D eigenvalue weighted by Crippen LogP contribution is 2.47. The summed E-state index contributed by atoms with van der Waals surface area (Å²) in [5.41, 5.74) is 9.29. The molecule has 2 nitrogen and oxygen atoms in total. The molecule has 0 amide bonds. The minimum Gasteiger partial charge on any atom is -0.309 e. The molecule has 0 fully saturated rings. The van der Waals surface area contributed by atoms with Gasteiger partial charge in [-0.3, -0.25) is 0 Å². The molecule has 0 radical (unpaired) electrons. The molecule has 3 heteroatoms. The molecule has 51 heavy (non-hydrogen) atoms. The van der Waals surface area contributed by atoms with Crippen molar-refractivity contribution in [3.63, 3.8) is 0 Å². The number of para-hydroxylation sites is 2. The molecule has 0 aliphatic carbocycles. The second-order valence-electron chi connectivity index (χ2n) is 13.1. The van der Waals surface area contributed by atoms with Crippen LogP contribution >= 0.6 is 15.9 Å². The number of aromatic nitrogens is 1. The van der Waals surface area contributed by atoms with E-state index in [4.69, 9.17) is 0 Å². The number of nitrogens with zero attached hydrogens (tertiary/aromatic N) is 2. The second-order valence-corrected chi connectivity index (χ2v) is 13.9. The van der Waals surface area contributed by atoms with Crippen LogP contribution in [0.3, 0.4) is 0 Å². The number of hydrogen-bond donors (Lipinski definition) is 0. The molecule has 0 saturated carbocycles. The van der Waals surface area contributed by atoms with Crippen LogP contribution in [0.4, 0.5) is 17.1 Å². The van der Waals surface area contributed by atoms with Crippen molar-refractivity contribution < 1.29 is 0 Å². The van der Waals surface area contributed by atoms with Gasteiger partial charge < -0.3 is 9.47 Å². The van der Waals surface area contributed by atoms with E-state index in [2.05, 4.69) is 213 Å². The van der Waals surface area contributed by atoms with Gasteiger partial charge in [0.25, 0.3) is 0 Å². The fourth-order valence-corrected chi connectivity index (χ4v) is 8.52. The van der Waals surface area contributed by atoms with Crippen LogP contribution in [0.5, 0.6) is 0 Å². The van der Waals surface area contributed by atoms with Gasteiger partial charge in [-0.1, -0.05) is 127 Å². The predicted octanol–water partition coefficient (Wildman–Crippen LogP) is 14.1. The lowest BCUT2D eigenvalue weighted by Gasteiger charge is -2.29. The Kier molecular flexibility index (Phi) is 7.00. The van der Waals surface area contributed by atoms with E-state index in [1.807, 2.05) is 0 Å². The standard InChI is InChI=1S/C48H31BrN2/c49-47-39-16-6-4-14-34(39)31-44-43(47)30-35-15-5-7-17-40(35)48(44)50(36-24-22-33(23-25-36)32-12-2-1-3-13-32)37-26-28-38(29-27-37)51-45-20-10-8-18-41(45)42-19-9-11-21-46(42)51/h1-31H. The smallest absolute Gasteiger partial charge is 0.0619 e. The first kappa shape index (κ1) is 29.7. The van der Waals surface area contributed by atoms with Crippen LogP contribution in [-0.2, 0) is 0 Å². The van der Waals surface area contributed by atoms with E-state index >= 15 is 0 Å². The fraction of sp³-hybridized carbons (Fsp3) is 0. The zero-order valence-corrected chi connectivity index (χ0v) is 29.3. The number of fused-ring (bicyclic) bond motifs is 6. The lowest BCUT2D eigenvalue weighted by molar-refractivity contribution is 1.17. The molecule has 0 N–H and O–H groups in total. The van der Waals surface area contributed by atoms with E-state index in [9.17, 15) is 0 Å². The summed E-state index contributed by atoms with van der Waals surface area (Å²) in [5.74, 6) is 0. The molecule has 10 rings (SSSR count). The van der Waals surface area contributed by atoms with Crippen LogP contribution in [0.25, 0.3) is 70.9 Å². The summed E-state index contributed by atoms with van der Waals surface area (Å²) in [7, 11) is 0. The number of anilines is 3. The van der Waals surface area contributed by atoms with Crippen LogP contribution < -0.4 is 4.90 Å². The minimum absolute atomic E-state index is 1.09. The molecule has 1 heterocycles. The molecule has 240 valence electrons. The maximum Gasteiger partial charge on any atom is 0.0619 e. The van der Waals surface area contributed by atoms with Crippen LogP contribution in [0.1, 0.15) is 0 Å². The molecule has 0 unspecified atom stereocenters. The summed E-state index contributed by atoms with van der Waals surface area (Å²) in [4.78, 5) is 2.44. The van der Waals surface area contributed by atoms with E-state index in [1.54, 1.807) is 0 Å². The Morgan fingerprint density at radius 2 is 0.843 bits per heavy atom. The maximum absolute atomic E-state index is 4.05.